The predicted molar refractivity (Wildman–Crippen MR) is 104 cm³/mol. The normalized spacial score (nSPS) is 38.9. The van der Waals surface area contributed by atoms with Crippen LogP contribution in [0.2, 0.25) is 0 Å². The lowest BCUT2D eigenvalue weighted by molar-refractivity contribution is -0.138. The van der Waals surface area contributed by atoms with Crippen molar-refractivity contribution in [3.63, 3.8) is 0 Å². The van der Waals surface area contributed by atoms with Gasteiger partial charge in [0.2, 0.25) is 0 Å². The molecule has 0 aromatic heterocycles. The van der Waals surface area contributed by atoms with Crippen molar-refractivity contribution in [2.45, 2.75) is 52.1 Å². The Morgan fingerprint density at radius 3 is 2.82 bits per heavy atom. The van der Waals surface area contributed by atoms with Crippen LogP contribution in [0.15, 0.2) is 45.7 Å². The van der Waals surface area contributed by atoms with Crippen molar-refractivity contribution in [1.82, 2.24) is 5.32 Å². The average molecular weight is 381 g/mol. The van der Waals surface area contributed by atoms with Crippen LogP contribution < -0.4 is 5.32 Å². The zero-order chi connectivity index (χ0) is 19.8. The Morgan fingerprint density at radius 2 is 2.07 bits per heavy atom. The number of aliphatic hydroxyl groups is 2. The fourth-order valence-electron chi connectivity index (χ4n) is 6.44. The molecule has 1 heterocycles. The Morgan fingerprint density at radius 1 is 1.29 bits per heavy atom. The van der Waals surface area contributed by atoms with Gasteiger partial charge < -0.3 is 15.5 Å². The summed E-state index contributed by atoms with van der Waals surface area (Å²) in [7, 11) is 0. The Kier molecular flexibility index (Phi) is 3.72. The smallest absolute Gasteiger partial charge is 0.182 e. The molecule has 148 valence electrons. The summed E-state index contributed by atoms with van der Waals surface area (Å²) in [6.07, 6.45) is 7.28. The van der Waals surface area contributed by atoms with Crippen LogP contribution in [0, 0.1) is 16.7 Å². The number of carbonyl (C=O) groups is 2. The molecule has 1 aliphatic heterocycles. The van der Waals surface area contributed by atoms with Gasteiger partial charge in [-0.3, -0.25) is 9.59 Å². The minimum atomic E-state index is -1.03. The highest BCUT2D eigenvalue weighted by molar-refractivity contribution is 6.11. The van der Waals surface area contributed by atoms with Gasteiger partial charge >= 0.3 is 0 Å². The first-order valence-electron chi connectivity index (χ1n) is 10.3. The topological polar surface area (TPSA) is 86.6 Å². The summed E-state index contributed by atoms with van der Waals surface area (Å²) >= 11 is 0. The molecule has 4 aliphatic carbocycles. The molecule has 5 aliphatic rings. The second-order valence-electron chi connectivity index (χ2n) is 9.27. The molecule has 0 unspecified atom stereocenters. The molecule has 5 rings (SSSR count). The van der Waals surface area contributed by atoms with E-state index in [-0.39, 0.29) is 17.5 Å². The molecular weight excluding hydrogens is 354 g/mol. The maximum atomic E-state index is 13.3. The van der Waals surface area contributed by atoms with Crippen LogP contribution in [-0.4, -0.2) is 41.0 Å². The zero-order valence-corrected chi connectivity index (χ0v) is 16.5. The van der Waals surface area contributed by atoms with E-state index in [1.165, 1.54) is 11.1 Å². The Hall–Kier alpha value is -1.98. The summed E-state index contributed by atoms with van der Waals surface area (Å²) in [5.41, 5.74) is 4.47. The highest BCUT2D eigenvalue weighted by Gasteiger charge is 2.64. The van der Waals surface area contributed by atoms with Crippen LogP contribution in [0.1, 0.15) is 46.0 Å². The summed E-state index contributed by atoms with van der Waals surface area (Å²) in [6, 6.07) is 0. The van der Waals surface area contributed by atoms with E-state index in [0.29, 0.717) is 18.5 Å². The van der Waals surface area contributed by atoms with Crippen LogP contribution in [0.25, 0.3) is 0 Å². The number of hydrogen-bond donors (Lipinski definition) is 3. The van der Waals surface area contributed by atoms with E-state index in [1.54, 1.807) is 6.08 Å². The minimum Gasteiger partial charge on any atom is -0.392 e. The largest absolute Gasteiger partial charge is 0.392 e. The molecule has 28 heavy (non-hydrogen) atoms. The van der Waals surface area contributed by atoms with Crippen LogP contribution in [0.3, 0.4) is 0 Å². The lowest BCUT2D eigenvalue weighted by atomic mass is 9.46. The van der Waals surface area contributed by atoms with Crippen molar-refractivity contribution in [2.75, 3.05) is 13.2 Å². The van der Waals surface area contributed by atoms with Gasteiger partial charge in [-0.25, -0.2) is 0 Å². The molecule has 0 spiro atoms. The van der Waals surface area contributed by atoms with Gasteiger partial charge in [0.05, 0.1) is 11.5 Å². The van der Waals surface area contributed by atoms with Gasteiger partial charge in [-0.15, -0.1) is 0 Å². The standard InChI is InChI=1S/C23H27NO4/c1-12-6-17-18(26)8-16-15-7-13-4-3-5-14(13)21(15)24-11-23(16,20(28)10-25)22(17,2)9-19(12)27/h6,8,12,19,24-25,27H,3-5,7,9-11H2,1-2H3/t12-,19-,22-,23-/m0/s1. The van der Waals surface area contributed by atoms with Gasteiger partial charge in [0.25, 0.3) is 0 Å². The Bertz CT molecular complexity index is 936. The number of fused-ring (bicyclic) bond motifs is 5. The summed E-state index contributed by atoms with van der Waals surface area (Å²) < 4.78 is 0. The molecule has 0 amide bonds. The number of aliphatic hydroxyl groups excluding tert-OH is 2. The van der Waals surface area contributed by atoms with E-state index in [4.69, 9.17) is 0 Å². The summed E-state index contributed by atoms with van der Waals surface area (Å²) in [5.74, 6) is -0.461. The van der Waals surface area contributed by atoms with E-state index in [2.05, 4.69) is 5.32 Å². The number of rotatable bonds is 2. The molecule has 0 aromatic rings. The summed E-state index contributed by atoms with van der Waals surface area (Å²) in [6.45, 7) is 3.61. The van der Waals surface area contributed by atoms with Crippen LogP contribution in [-0.2, 0) is 9.59 Å². The Balaban J connectivity index is 1.75. The fraction of sp³-hybridized carbons (Fsp3) is 0.565. The highest BCUT2D eigenvalue weighted by atomic mass is 16.3. The number of ketones is 2. The van der Waals surface area contributed by atoms with Crippen molar-refractivity contribution in [3.8, 4) is 0 Å². The maximum absolute atomic E-state index is 13.3. The van der Waals surface area contributed by atoms with Gasteiger partial charge in [0, 0.05) is 29.1 Å². The van der Waals surface area contributed by atoms with Gasteiger partial charge in [-0.2, -0.15) is 0 Å². The Labute approximate surface area is 164 Å². The highest BCUT2D eigenvalue weighted by Crippen LogP contribution is 2.63. The second kappa shape index (κ2) is 5.77. The molecule has 0 bridgehead atoms. The molecule has 5 nitrogen and oxygen atoms in total. The number of hydrogen-bond acceptors (Lipinski definition) is 5. The van der Waals surface area contributed by atoms with Gasteiger partial charge in [0.1, 0.15) is 6.61 Å². The third kappa shape index (κ3) is 1.99. The quantitative estimate of drug-likeness (QED) is 0.682. The van der Waals surface area contributed by atoms with Crippen molar-refractivity contribution < 1.29 is 19.8 Å². The average Bonchev–Trinajstić information content (AvgIpc) is 3.25. The number of allylic oxidation sites excluding steroid dienone is 5. The van der Waals surface area contributed by atoms with Crippen molar-refractivity contribution in [1.29, 1.82) is 0 Å². The lowest BCUT2D eigenvalue weighted by Gasteiger charge is -2.56. The molecule has 0 radical (unpaired) electrons. The first-order chi connectivity index (χ1) is 13.3. The SMILES string of the molecule is C[C@H]1C=C2C(=O)C=C3C4=C(NC[C@]3(C(=O)CO)[C@@]2(C)C[C@@H]1O)C1=C(CCC1)C4. The summed E-state index contributed by atoms with van der Waals surface area (Å²) in [5, 5.41) is 24.1. The first-order valence-corrected chi connectivity index (χ1v) is 10.3. The fourth-order valence-corrected chi connectivity index (χ4v) is 6.44. The molecule has 4 atom stereocenters. The van der Waals surface area contributed by atoms with Gasteiger partial charge in [0.15, 0.2) is 11.6 Å². The van der Waals surface area contributed by atoms with E-state index in [1.807, 2.05) is 19.9 Å². The van der Waals surface area contributed by atoms with E-state index in [9.17, 15) is 19.8 Å². The van der Waals surface area contributed by atoms with Crippen molar-refractivity contribution >= 4 is 11.6 Å². The first kappa shape index (κ1) is 18.1. The number of carbonyl (C=O) groups excluding carboxylic acids is 2. The zero-order valence-electron chi connectivity index (χ0n) is 16.5. The second-order valence-corrected chi connectivity index (χ2v) is 9.27. The predicted octanol–water partition coefficient (Wildman–Crippen LogP) is 2.12. The third-order valence-electron chi connectivity index (χ3n) is 7.99. The third-order valence-corrected chi connectivity index (χ3v) is 7.99. The monoisotopic (exact) mass is 381 g/mol. The molecule has 0 aromatic carbocycles. The maximum Gasteiger partial charge on any atom is 0.182 e. The molecule has 0 fully saturated rings. The van der Waals surface area contributed by atoms with E-state index >= 15 is 0 Å². The molecule has 0 saturated carbocycles. The number of Topliss-reactive ketones (excluding diaryl/α,β-unsaturated/α-hetero) is 1. The lowest BCUT2D eigenvalue weighted by Crippen LogP contribution is -2.62. The van der Waals surface area contributed by atoms with Crippen LogP contribution >= 0.6 is 0 Å². The van der Waals surface area contributed by atoms with Crippen molar-refractivity contribution in [2.24, 2.45) is 16.7 Å². The molecule has 5 heteroatoms. The molecular formula is C23H27NO4. The van der Waals surface area contributed by atoms with Crippen LogP contribution in [0.4, 0.5) is 0 Å². The van der Waals surface area contributed by atoms with Crippen molar-refractivity contribution in [3.05, 3.63) is 45.7 Å². The van der Waals surface area contributed by atoms with E-state index in [0.717, 1.165) is 42.5 Å². The van der Waals surface area contributed by atoms with Gasteiger partial charge in [-0.05, 0) is 54.9 Å². The molecule has 3 N–H and O–H groups in total. The number of nitrogens with one attached hydrogen (secondary N) is 1. The van der Waals surface area contributed by atoms with Gasteiger partial charge in [-0.1, -0.05) is 25.5 Å². The minimum absolute atomic E-state index is 0.0570. The summed E-state index contributed by atoms with van der Waals surface area (Å²) in [4.78, 5) is 26.5. The van der Waals surface area contributed by atoms with Crippen LogP contribution in [0.5, 0.6) is 0 Å². The van der Waals surface area contributed by atoms with E-state index < -0.39 is 23.5 Å². The molecule has 0 saturated heterocycles.